The molecule has 1 aliphatic heterocycles. The van der Waals surface area contributed by atoms with E-state index in [4.69, 9.17) is 18.9 Å². The Bertz CT molecular complexity index is 887. The third-order valence-electron chi connectivity index (χ3n) is 4.31. The molecule has 0 aromatic heterocycles. The molecule has 0 fully saturated rings. The second-order valence-electron chi connectivity index (χ2n) is 6.20. The van der Waals surface area contributed by atoms with Crippen LogP contribution in [-0.4, -0.2) is 46.3 Å². The average molecular weight is 386 g/mol. The monoisotopic (exact) mass is 386 g/mol. The molecule has 3 rings (SSSR count). The van der Waals surface area contributed by atoms with Gasteiger partial charge in [-0.2, -0.15) is 0 Å². The molecule has 8 heteroatoms. The summed E-state index contributed by atoms with van der Waals surface area (Å²) in [6.45, 7) is 1.68. The number of rotatable bonds is 6. The fourth-order valence-corrected chi connectivity index (χ4v) is 2.98. The number of nitrogens with zero attached hydrogens (tertiary/aromatic N) is 1. The zero-order chi connectivity index (χ0) is 20.3. The molecule has 28 heavy (non-hydrogen) atoms. The first-order chi connectivity index (χ1) is 13.5. The number of anilines is 2. The van der Waals surface area contributed by atoms with Gasteiger partial charge in [0.1, 0.15) is 12.3 Å². The lowest BCUT2D eigenvalue weighted by Crippen LogP contribution is -2.43. The molecule has 1 N–H and O–H groups in total. The summed E-state index contributed by atoms with van der Waals surface area (Å²) in [5.41, 5.74) is 2.04. The smallest absolute Gasteiger partial charge is 0.265 e. The summed E-state index contributed by atoms with van der Waals surface area (Å²) in [5, 5.41) is 2.76. The number of amides is 2. The topological polar surface area (TPSA) is 86.3 Å². The highest BCUT2D eigenvalue weighted by Gasteiger charge is 2.27. The quantitative estimate of drug-likeness (QED) is 0.820. The molecule has 2 amide bonds. The number of methoxy groups -OCH3 is 3. The van der Waals surface area contributed by atoms with E-state index in [1.54, 1.807) is 18.2 Å². The van der Waals surface area contributed by atoms with Crippen molar-refractivity contribution >= 4 is 23.2 Å². The van der Waals surface area contributed by atoms with Crippen molar-refractivity contribution in [1.82, 2.24) is 0 Å². The lowest BCUT2D eigenvalue weighted by Gasteiger charge is -2.29. The van der Waals surface area contributed by atoms with E-state index in [0.29, 0.717) is 34.4 Å². The third-order valence-corrected chi connectivity index (χ3v) is 4.31. The van der Waals surface area contributed by atoms with Gasteiger partial charge in [-0.15, -0.1) is 0 Å². The number of ether oxygens (including phenoxy) is 4. The first-order valence-corrected chi connectivity index (χ1v) is 8.60. The number of benzene rings is 2. The Labute approximate surface area is 162 Å². The van der Waals surface area contributed by atoms with Gasteiger partial charge in [0.2, 0.25) is 11.7 Å². The Morgan fingerprint density at radius 2 is 1.79 bits per heavy atom. The predicted molar refractivity (Wildman–Crippen MR) is 104 cm³/mol. The lowest BCUT2D eigenvalue weighted by molar-refractivity contribution is -0.123. The van der Waals surface area contributed by atoms with E-state index >= 15 is 0 Å². The van der Waals surface area contributed by atoms with Gasteiger partial charge in [-0.25, -0.2) is 0 Å². The van der Waals surface area contributed by atoms with Crippen LogP contribution in [0.4, 0.5) is 11.4 Å². The number of hydrogen-bond acceptors (Lipinski definition) is 6. The van der Waals surface area contributed by atoms with Crippen molar-refractivity contribution in [1.29, 1.82) is 0 Å². The van der Waals surface area contributed by atoms with Crippen LogP contribution < -0.4 is 29.2 Å². The van der Waals surface area contributed by atoms with Gasteiger partial charge in [-0.05, 0) is 24.6 Å². The van der Waals surface area contributed by atoms with Crippen LogP contribution >= 0.6 is 0 Å². The number of hydrogen-bond donors (Lipinski definition) is 1. The summed E-state index contributed by atoms with van der Waals surface area (Å²) >= 11 is 0. The minimum Gasteiger partial charge on any atom is -0.493 e. The van der Waals surface area contributed by atoms with Gasteiger partial charge in [0.15, 0.2) is 18.1 Å². The molecule has 2 aromatic rings. The van der Waals surface area contributed by atoms with Gasteiger partial charge in [-0.1, -0.05) is 6.07 Å². The van der Waals surface area contributed by atoms with Crippen LogP contribution in [0.25, 0.3) is 0 Å². The fourth-order valence-electron chi connectivity index (χ4n) is 2.98. The van der Waals surface area contributed by atoms with Gasteiger partial charge in [0.25, 0.3) is 5.91 Å². The zero-order valence-electron chi connectivity index (χ0n) is 16.2. The molecule has 0 unspecified atom stereocenters. The third kappa shape index (κ3) is 3.80. The molecular weight excluding hydrogens is 364 g/mol. The van der Waals surface area contributed by atoms with Crippen molar-refractivity contribution in [3.05, 3.63) is 35.9 Å². The largest absolute Gasteiger partial charge is 0.493 e. The molecule has 0 saturated heterocycles. The molecule has 0 radical (unpaired) electrons. The predicted octanol–water partition coefficient (Wildman–Crippen LogP) is 2.38. The van der Waals surface area contributed by atoms with Crippen molar-refractivity contribution in [3.8, 4) is 23.0 Å². The van der Waals surface area contributed by atoms with E-state index in [-0.39, 0.29) is 25.0 Å². The van der Waals surface area contributed by atoms with Crippen molar-refractivity contribution in [2.45, 2.75) is 6.92 Å². The minimum atomic E-state index is -0.365. The summed E-state index contributed by atoms with van der Waals surface area (Å²) in [6, 6.07) is 8.72. The summed E-state index contributed by atoms with van der Waals surface area (Å²) in [7, 11) is 4.49. The van der Waals surface area contributed by atoms with E-state index in [1.165, 1.54) is 26.2 Å². The number of carbonyl (C=O) groups excluding carboxylic acids is 2. The molecule has 2 aromatic carbocycles. The second-order valence-corrected chi connectivity index (χ2v) is 6.20. The molecule has 0 bridgehead atoms. The molecule has 0 atom stereocenters. The van der Waals surface area contributed by atoms with E-state index in [1.807, 2.05) is 19.1 Å². The van der Waals surface area contributed by atoms with Crippen LogP contribution in [0.1, 0.15) is 5.56 Å². The van der Waals surface area contributed by atoms with Crippen LogP contribution in [0.15, 0.2) is 30.3 Å². The Morgan fingerprint density at radius 1 is 1.11 bits per heavy atom. The first-order valence-electron chi connectivity index (χ1n) is 8.60. The number of nitrogens with one attached hydrogen (secondary N) is 1. The fraction of sp³-hybridized carbons (Fsp3) is 0.300. The number of carbonyl (C=O) groups is 2. The first kappa shape index (κ1) is 19.3. The Balaban J connectivity index is 1.80. The van der Waals surface area contributed by atoms with E-state index in [2.05, 4.69) is 5.32 Å². The molecule has 0 aliphatic carbocycles. The molecule has 0 saturated carbocycles. The highest BCUT2D eigenvalue weighted by atomic mass is 16.5. The standard InChI is InChI=1S/C20H22N2O6/c1-12-5-6-14-15(7-12)28-11-19(24)22(14)10-18(23)21-13-8-16(25-2)20(27-4)17(9-13)26-3/h5-9H,10-11H2,1-4H3,(H,21,23). The van der Waals surface area contributed by atoms with Crippen molar-refractivity contribution in [2.75, 3.05) is 44.7 Å². The summed E-state index contributed by atoms with van der Waals surface area (Å²) in [6.07, 6.45) is 0. The Hall–Kier alpha value is -3.42. The summed E-state index contributed by atoms with van der Waals surface area (Å²) in [5.74, 6) is 1.20. The molecule has 148 valence electrons. The summed E-state index contributed by atoms with van der Waals surface area (Å²) in [4.78, 5) is 26.3. The van der Waals surface area contributed by atoms with E-state index in [0.717, 1.165) is 5.56 Å². The highest BCUT2D eigenvalue weighted by molar-refractivity contribution is 6.05. The molecule has 0 spiro atoms. The summed E-state index contributed by atoms with van der Waals surface area (Å²) < 4.78 is 21.3. The van der Waals surface area contributed by atoms with Crippen LogP contribution in [0, 0.1) is 6.92 Å². The SMILES string of the molecule is COc1cc(NC(=O)CN2C(=O)COc3cc(C)ccc32)cc(OC)c1OC. The van der Waals surface area contributed by atoms with Crippen LogP contribution in [0.2, 0.25) is 0 Å². The lowest BCUT2D eigenvalue weighted by atomic mass is 10.1. The van der Waals surface area contributed by atoms with Crippen molar-refractivity contribution in [3.63, 3.8) is 0 Å². The van der Waals surface area contributed by atoms with Gasteiger partial charge >= 0.3 is 0 Å². The van der Waals surface area contributed by atoms with Crippen molar-refractivity contribution < 1.29 is 28.5 Å². The van der Waals surface area contributed by atoms with Crippen molar-refractivity contribution in [2.24, 2.45) is 0 Å². The molecule has 8 nitrogen and oxygen atoms in total. The van der Waals surface area contributed by atoms with Crippen LogP contribution in [0.5, 0.6) is 23.0 Å². The minimum absolute atomic E-state index is 0.103. The van der Waals surface area contributed by atoms with E-state index < -0.39 is 0 Å². The average Bonchev–Trinajstić information content (AvgIpc) is 2.69. The van der Waals surface area contributed by atoms with Crippen LogP contribution in [-0.2, 0) is 9.59 Å². The Kier molecular flexibility index (Phi) is 5.58. The van der Waals surface area contributed by atoms with E-state index in [9.17, 15) is 9.59 Å². The number of aryl methyl sites for hydroxylation is 1. The van der Waals surface area contributed by atoms with Gasteiger partial charge < -0.3 is 24.3 Å². The maximum atomic E-state index is 12.6. The maximum absolute atomic E-state index is 12.6. The van der Waals surface area contributed by atoms with Gasteiger partial charge in [0, 0.05) is 17.8 Å². The normalized spacial score (nSPS) is 12.7. The molecule has 1 aliphatic rings. The number of fused-ring (bicyclic) bond motifs is 1. The zero-order valence-corrected chi connectivity index (χ0v) is 16.2. The second kappa shape index (κ2) is 8.08. The molecular formula is C20H22N2O6. The van der Waals surface area contributed by atoms with Crippen LogP contribution in [0.3, 0.4) is 0 Å². The maximum Gasteiger partial charge on any atom is 0.265 e. The van der Waals surface area contributed by atoms with Gasteiger partial charge in [-0.3, -0.25) is 14.5 Å². The Morgan fingerprint density at radius 3 is 2.39 bits per heavy atom. The molecule has 1 heterocycles. The van der Waals surface area contributed by atoms with Gasteiger partial charge in [0.05, 0.1) is 27.0 Å². The highest BCUT2D eigenvalue weighted by Crippen LogP contribution is 2.40.